The maximum atomic E-state index is 12.7. The van der Waals surface area contributed by atoms with Gasteiger partial charge in [0, 0.05) is 29.7 Å². The van der Waals surface area contributed by atoms with Crippen molar-refractivity contribution in [3.05, 3.63) is 11.1 Å². The summed E-state index contributed by atoms with van der Waals surface area (Å²) in [5.74, 6) is 2.01. The number of rotatable bonds is 0. The summed E-state index contributed by atoms with van der Waals surface area (Å²) >= 11 is 0. The van der Waals surface area contributed by atoms with Crippen molar-refractivity contribution in [2.45, 2.75) is 66.7 Å². The predicted octanol–water partition coefficient (Wildman–Crippen LogP) is 4.33. The topological polar surface area (TPSA) is 34.1 Å². The van der Waals surface area contributed by atoms with Crippen LogP contribution in [0.4, 0.5) is 0 Å². The normalized spacial score (nSPS) is 49.4. The first-order valence-electron chi connectivity index (χ1n) is 8.92. The van der Waals surface area contributed by atoms with Crippen molar-refractivity contribution in [3.8, 4) is 0 Å². The summed E-state index contributed by atoms with van der Waals surface area (Å²) in [4.78, 5) is 25.0. The van der Waals surface area contributed by atoms with Gasteiger partial charge in [0.1, 0.15) is 5.78 Å². The second-order valence-electron chi connectivity index (χ2n) is 9.35. The SMILES string of the molecule is CC1=C2C(=O)C[C@]2(C)[C@H]2C[C@H]3C(=O)C[C@H](C)[C@]2(CC1)C3(C)C. The molecule has 4 rings (SSSR count). The zero-order chi connectivity index (χ0) is 16.1. The van der Waals surface area contributed by atoms with E-state index in [1.807, 2.05) is 0 Å². The number of hydrogen-bond donors (Lipinski definition) is 0. The van der Waals surface area contributed by atoms with Crippen LogP contribution in [-0.4, -0.2) is 11.6 Å². The monoisotopic (exact) mass is 300 g/mol. The number of Topliss-reactive ketones (excluding diaryl/α,β-unsaturated/α-hetero) is 2. The average Bonchev–Trinajstić information content (AvgIpc) is 2.49. The predicted molar refractivity (Wildman–Crippen MR) is 86.3 cm³/mol. The molecule has 2 heteroatoms. The Morgan fingerprint density at radius 3 is 2.45 bits per heavy atom. The van der Waals surface area contributed by atoms with Crippen molar-refractivity contribution < 1.29 is 9.59 Å². The van der Waals surface area contributed by atoms with Crippen molar-refractivity contribution >= 4 is 11.6 Å². The molecule has 0 saturated heterocycles. The molecule has 0 aliphatic heterocycles. The third kappa shape index (κ3) is 1.31. The molecule has 0 amide bonds. The molecular formula is C20H28O2. The van der Waals surface area contributed by atoms with E-state index in [0.29, 0.717) is 29.8 Å². The molecule has 120 valence electrons. The summed E-state index contributed by atoms with van der Waals surface area (Å²) in [5.41, 5.74) is 2.80. The highest BCUT2D eigenvalue weighted by Gasteiger charge is 2.72. The second kappa shape index (κ2) is 3.94. The first-order valence-corrected chi connectivity index (χ1v) is 8.92. The fourth-order valence-electron chi connectivity index (χ4n) is 7.49. The molecule has 0 N–H and O–H groups in total. The number of hydrogen-bond acceptors (Lipinski definition) is 2. The summed E-state index contributed by atoms with van der Waals surface area (Å²) < 4.78 is 0. The summed E-state index contributed by atoms with van der Waals surface area (Å²) in [6.07, 6.45) is 4.67. The lowest BCUT2D eigenvalue weighted by Gasteiger charge is -2.58. The highest BCUT2D eigenvalue weighted by molar-refractivity contribution is 6.05. The van der Waals surface area contributed by atoms with Gasteiger partial charge in [-0.05, 0) is 48.9 Å². The molecule has 3 saturated carbocycles. The molecule has 0 aromatic rings. The third-order valence-corrected chi connectivity index (χ3v) is 8.43. The molecule has 2 nitrogen and oxygen atoms in total. The van der Waals surface area contributed by atoms with Gasteiger partial charge in [-0.3, -0.25) is 9.59 Å². The van der Waals surface area contributed by atoms with Gasteiger partial charge >= 0.3 is 0 Å². The van der Waals surface area contributed by atoms with E-state index < -0.39 is 0 Å². The minimum Gasteiger partial charge on any atom is -0.299 e. The van der Waals surface area contributed by atoms with Crippen LogP contribution in [0.5, 0.6) is 0 Å². The smallest absolute Gasteiger partial charge is 0.160 e. The van der Waals surface area contributed by atoms with Crippen LogP contribution in [0.2, 0.25) is 0 Å². The van der Waals surface area contributed by atoms with Crippen molar-refractivity contribution in [2.75, 3.05) is 0 Å². The fraction of sp³-hybridized carbons (Fsp3) is 0.800. The van der Waals surface area contributed by atoms with E-state index in [2.05, 4.69) is 34.6 Å². The van der Waals surface area contributed by atoms with E-state index in [4.69, 9.17) is 0 Å². The van der Waals surface area contributed by atoms with Crippen molar-refractivity contribution in [1.82, 2.24) is 0 Å². The van der Waals surface area contributed by atoms with Crippen LogP contribution in [-0.2, 0) is 9.59 Å². The lowest BCUT2D eigenvalue weighted by atomic mass is 9.45. The number of fused-ring (bicyclic) bond motifs is 3. The molecule has 0 aromatic heterocycles. The minimum absolute atomic E-state index is 0.0303. The number of allylic oxidation sites excluding steroid dienone is 2. The Kier molecular flexibility index (Phi) is 2.62. The van der Waals surface area contributed by atoms with E-state index >= 15 is 0 Å². The van der Waals surface area contributed by atoms with Crippen LogP contribution >= 0.6 is 0 Å². The van der Waals surface area contributed by atoms with Gasteiger partial charge in [0.15, 0.2) is 5.78 Å². The number of ketones is 2. The van der Waals surface area contributed by atoms with Gasteiger partial charge in [-0.25, -0.2) is 0 Å². The number of carbonyl (C=O) groups is 2. The Morgan fingerprint density at radius 1 is 1.14 bits per heavy atom. The van der Waals surface area contributed by atoms with Crippen LogP contribution in [0.15, 0.2) is 11.1 Å². The first kappa shape index (κ1) is 14.7. The zero-order valence-corrected chi connectivity index (χ0v) is 14.6. The quantitative estimate of drug-likeness (QED) is 0.667. The van der Waals surface area contributed by atoms with Crippen LogP contribution in [0.3, 0.4) is 0 Å². The molecule has 4 aliphatic rings. The van der Waals surface area contributed by atoms with Crippen LogP contribution in [0.1, 0.15) is 66.7 Å². The standard InChI is InChI=1S/C20H28O2/c1-11-6-7-20-12(2)8-14(21)13(18(20,3)4)9-16(20)19(5)10-15(22)17(11)19/h12-13,16H,6-10H2,1-5H3/t12-,13-,16+,19+,20-/m0/s1. The van der Waals surface area contributed by atoms with Gasteiger partial charge < -0.3 is 0 Å². The molecule has 0 aromatic carbocycles. The largest absolute Gasteiger partial charge is 0.299 e. The molecule has 5 atom stereocenters. The Labute approximate surface area is 133 Å². The highest BCUT2D eigenvalue weighted by atomic mass is 16.1. The van der Waals surface area contributed by atoms with Crippen LogP contribution < -0.4 is 0 Å². The van der Waals surface area contributed by atoms with E-state index in [1.165, 1.54) is 5.57 Å². The van der Waals surface area contributed by atoms with Crippen LogP contribution in [0.25, 0.3) is 0 Å². The molecule has 3 fully saturated rings. The van der Waals surface area contributed by atoms with Crippen molar-refractivity contribution in [3.63, 3.8) is 0 Å². The van der Waals surface area contributed by atoms with Crippen LogP contribution in [0, 0.1) is 34.0 Å². The third-order valence-electron chi connectivity index (χ3n) is 8.43. The van der Waals surface area contributed by atoms with E-state index in [-0.39, 0.29) is 22.2 Å². The summed E-state index contributed by atoms with van der Waals surface area (Å²) in [6.45, 7) is 11.5. The second-order valence-corrected chi connectivity index (χ2v) is 9.35. The van der Waals surface area contributed by atoms with E-state index in [0.717, 1.165) is 31.3 Å². The Hall–Kier alpha value is -0.920. The molecule has 0 heterocycles. The Bertz CT molecular complexity index is 626. The lowest BCUT2D eigenvalue weighted by molar-refractivity contribution is -0.145. The maximum absolute atomic E-state index is 12.7. The first-order chi connectivity index (χ1) is 10.2. The molecular weight excluding hydrogens is 272 g/mol. The summed E-state index contributed by atoms with van der Waals surface area (Å²) in [7, 11) is 0. The Balaban J connectivity index is 1.93. The summed E-state index contributed by atoms with van der Waals surface area (Å²) in [5, 5.41) is 0. The number of carbonyl (C=O) groups excluding carboxylic acids is 2. The highest BCUT2D eigenvalue weighted by Crippen LogP contribution is 2.76. The maximum Gasteiger partial charge on any atom is 0.160 e. The summed E-state index contributed by atoms with van der Waals surface area (Å²) in [6, 6.07) is 0. The molecule has 2 bridgehead atoms. The van der Waals surface area contributed by atoms with Gasteiger partial charge in [0.2, 0.25) is 0 Å². The van der Waals surface area contributed by atoms with Crippen molar-refractivity contribution in [2.24, 2.45) is 34.0 Å². The molecule has 1 spiro atoms. The van der Waals surface area contributed by atoms with Gasteiger partial charge in [0.05, 0.1) is 0 Å². The zero-order valence-electron chi connectivity index (χ0n) is 14.6. The fourth-order valence-corrected chi connectivity index (χ4v) is 7.49. The lowest BCUT2D eigenvalue weighted by Crippen LogP contribution is -2.55. The molecule has 0 radical (unpaired) electrons. The van der Waals surface area contributed by atoms with Gasteiger partial charge in [-0.2, -0.15) is 0 Å². The van der Waals surface area contributed by atoms with E-state index in [9.17, 15) is 9.59 Å². The average molecular weight is 300 g/mol. The molecule has 22 heavy (non-hydrogen) atoms. The van der Waals surface area contributed by atoms with Gasteiger partial charge in [-0.1, -0.05) is 33.3 Å². The van der Waals surface area contributed by atoms with Crippen molar-refractivity contribution in [1.29, 1.82) is 0 Å². The Morgan fingerprint density at radius 2 is 1.82 bits per heavy atom. The molecule has 4 aliphatic carbocycles. The van der Waals surface area contributed by atoms with Gasteiger partial charge in [0.25, 0.3) is 0 Å². The molecule has 0 unspecified atom stereocenters. The van der Waals surface area contributed by atoms with Gasteiger partial charge in [-0.15, -0.1) is 0 Å². The van der Waals surface area contributed by atoms with E-state index in [1.54, 1.807) is 0 Å². The minimum atomic E-state index is 0.0303.